The van der Waals surface area contributed by atoms with Gasteiger partial charge in [-0.05, 0) is 36.8 Å². The van der Waals surface area contributed by atoms with Gasteiger partial charge in [0.15, 0.2) is 0 Å². The first-order valence-corrected chi connectivity index (χ1v) is 12.1. The number of β-amino-alcohol motifs (C(OH)–C–C–N with tert-alkyl or cyclic N) is 1. The van der Waals surface area contributed by atoms with Crippen molar-refractivity contribution in [3.05, 3.63) is 68.5 Å². The van der Waals surface area contributed by atoms with E-state index < -0.39 is 0 Å². The van der Waals surface area contributed by atoms with Crippen LogP contribution in [0.2, 0.25) is 0 Å². The largest absolute Gasteiger partial charge is 0.390 e. The van der Waals surface area contributed by atoms with E-state index in [2.05, 4.69) is 21.9 Å². The van der Waals surface area contributed by atoms with E-state index in [1.54, 1.807) is 12.1 Å². The third-order valence-corrected chi connectivity index (χ3v) is 8.05. The number of aromatic nitrogens is 2. The van der Waals surface area contributed by atoms with Crippen LogP contribution in [0.15, 0.2) is 46.0 Å². The van der Waals surface area contributed by atoms with Crippen LogP contribution in [-0.4, -0.2) is 69.4 Å². The Bertz CT molecular complexity index is 1040. The van der Waals surface area contributed by atoms with E-state index in [1.807, 2.05) is 21.3 Å². The summed E-state index contributed by atoms with van der Waals surface area (Å²) < 4.78 is 3.92. The lowest BCUT2D eigenvalue weighted by molar-refractivity contribution is 0.0250. The van der Waals surface area contributed by atoms with E-state index in [9.17, 15) is 14.7 Å². The summed E-state index contributed by atoms with van der Waals surface area (Å²) in [6, 6.07) is 11.3. The van der Waals surface area contributed by atoms with Gasteiger partial charge in [-0.25, -0.2) is 0 Å². The summed E-state index contributed by atoms with van der Waals surface area (Å²) in [5, 5.41) is 11.0. The molecule has 0 amide bonds. The quantitative estimate of drug-likeness (QED) is 0.772. The van der Waals surface area contributed by atoms with Crippen molar-refractivity contribution in [2.75, 3.05) is 39.3 Å². The van der Waals surface area contributed by atoms with Gasteiger partial charge in [-0.1, -0.05) is 12.1 Å². The van der Waals surface area contributed by atoms with Crippen LogP contribution in [0.1, 0.15) is 36.1 Å². The van der Waals surface area contributed by atoms with Crippen molar-refractivity contribution in [3.63, 3.8) is 0 Å². The van der Waals surface area contributed by atoms with Gasteiger partial charge in [0.2, 0.25) is 0 Å². The highest BCUT2D eigenvalue weighted by Gasteiger charge is 2.37. The SMILES string of the molecule is O=c1cccc2n1C[C@@H]1C[C@@H]2CN(CC(O)CN2C[C@H]3C[C@H](C2)c2cccc(=O)n2C3)C1. The molecule has 6 rings (SSSR count). The van der Waals surface area contributed by atoms with Gasteiger partial charge < -0.3 is 14.2 Å². The summed E-state index contributed by atoms with van der Waals surface area (Å²) in [5.41, 5.74) is 2.55. The molecule has 0 aromatic carbocycles. The lowest BCUT2D eigenvalue weighted by Crippen LogP contribution is -2.52. The predicted molar refractivity (Wildman–Crippen MR) is 122 cm³/mol. The smallest absolute Gasteiger partial charge is 0.250 e. The molecule has 6 heterocycles. The number of likely N-dealkylation sites (tertiary alicyclic amines) is 2. The molecule has 0 aliphatic carbocycles. The van der Waals surface area contributed by atoms with Gasteiger partial charge in [0.1, 0.15) is 0 Å². The molecule has 7 nitrogen and oxygen atoms in total. The summed E-state index contributed by atoms with van der Waals surface area (Å²) >= 11 is 0. The van der Waals surface area contributed by atoms with E-state index in [1.165, 1.54) is 0 Å². The molecule has 0 saturated carbocycles. The Morgan fingerprint density at radius 2 is 1.19 bits per heavy atom. The van der Waals surface area contributed by atoms with Crippen LogP contribution in [0.4, 0.5) is 0 Å². The third kappa shape index (κ3) is 3.66. The van der Waals surface area contributed by atoms with Gasteiger partial charge >= 0.3 is 0 Å². The second kappa shape index (κ2) is 7.97. The number of nitrogens with zero attached hydrogens (tertiary/aromatic N) is 4. The molecule has 2 saturated heterocycles. The van der Waals surface area contributed by atoms with E-state index in [4.69, 9.17) is 0 Å². The van der Waals surface area contributed by atoms with Crippen molar-refractivity contribution in [2.45, 2.75) is 43.9 Å². The number of piperidine rings is 2. The number of aliphatic hydroxyl groups is 1. The van der Waals surface area contributed by atoms with Crippen molar-refractivity contribution >= 4 is 0 Å². The average molecular weight is 437 g/mol. The van der Waals surface area contributed by atoms with Crippen LogP contribution in [0.25, 0.3) is 0 Å². The topological polar surface area (TPSA) is 70.7 Å². The number of rotatable bonds is 4. The molecule has 0 radical (unpaired) electrons. The fourth-order valence-corrected chi connectivity index (χ4v) is 6.94. The van der Waals surface area contributed by atoms with E-state index >= 15 is 0 Å². The van der Waals surface area contributed by atoms with Gasteiger partial charge in [0.05, 0.1) is 6.10 Å². The maximum Gasteiger partial charge on any atom is 0.250 e. The Morgan fingerprint density at radius 3 is 1.66 bits per heavy atom. The Labute approximate surface area is 187 Å². The van der Waals surface area contributed by atoms with Crippen LogP contribution in [0, 0.1) is 11.8 Å². The normalized spacial score (nSPS) is 29.6. The maximum absolute atomic E-state index is 12.2. The van der Waals surface area contributed by atoms with E-state index in [0.717, 1.165) is 63.5 Å². The van der Waals surface area contributed by atoms with Crippen molar-refractivity contribution in [3.8, 4) is 0 Å². The number of hydrogen-bond acceptors (Lipinski definition) is 5. The van der Waals surface area contributed by atoms with Crippen LogP contribution in [-0.2, 0) is 13.1 Å². The molecule has 4 aliphatic heterocycles. The number of fused-ring (bicyclic) bond motifs is 8. The second-order valence-electron chi connectivity index (χ2n) is 10.5. The predicted octanol–water partition coefficient (Wildman–Crippen LogP) is 0.909. The molecular formula is C25H32N4O3. The lowest BCUT2D eigenvalue weighted by Gasteiger charge is -2.45. The highest BCUT2D eigenvalue weighted by molar-refractivity contribution is 5.18. The summed E-state index contributed by atoms with van der Waals surface area (Å²) in [6.45, 7) is 6.71. The van der Waals surface area contributed by atoms with Crippen molar-refractivity contribution in [2.24, 2.45) is 11.8 Å². The highest BCUT2D eigenvalue weighted by Crippen LogP contribution is 2.36. The molecule has 2 fully saturated rings. The Morgan fingerprint density at radius 1 is 0.719 bits per heavy atom. The standard InChI is InChI=1S/C25H32N4O3/c30-21(15-26-9-17-7-19(13-26)22-3-1-5-24(31)28(22)11-17)16-27-10-18-8-20(14-27)23-4-2-6-25(32)29(23)12-18/h1-6,17-21,30H,7-16H2/t17-,18-,19-,20-/m1/s1. The van der Waals surface area contributed by atoms with Gasteiger partial charge in [0, 0.05) is 87.7 Å². The number of aliphatic hydroxyl groups excluding tert-OH is 1. The molecule has 0 unspecified atom stereocenters. The van der Waals surface area contributed by atoms with Crippen LogP contribution >= 0.6 is 0 Å². The number of pyridine rings is 2. The van der Waals surface area contributed by atoms with Gasteiger partial charge in [-0.3, -0.25) is 19.4 Å². The molecule has 7 heteroatoms. The highest BCUT2D eigenvalue weighted by atomic mass is 16.3. The summed E-state index contributed by atoms with van der Waals surface area (Å²) in [6.07, 6.45) is 1.90. The molecule has 170 valence electrons. The summed E-state index contributed by atoms with van der Waals surface area (Å²) in [5.74, 6) is 1.73. The molecule has 2 aromatic rings. The Kier molecular flexibility index (Phi) is 5.08. The fourth-order valence-electron chi connectivity index (χ4n) is 6.94. The monoisotopic (exact) mass is 436 g/mol. The zero-order chi connectivity index (χ0) is 21.8. The van der Waals surface area contributed by atoms with Crippen molar-refractivity contribution in [1.82, 2.24) is 18.9 Å². The van der Waals surface area contributed by atoms with Gasteiger partial charge in [-0.15, -0.1) is 0 Å². The minimum absolute atomic E-state index is 0.116. The first-order valence-electron chi connectivity index (χ1n) is 12.1. The first-order chi connectivity index (χ1) is 15.5. The molecule has 4 bridgehead atoms. The molecular weight excluding hydrogens is 404 g/mol. The van der Waals surface area contributed by atoms with Crippen LogP contribution in [0.5, 0.6) is 0 Å². The Hall–Kier alpha value is -2.22. The van der Waals surface area contributed by atoms with Crippen molar-refractivity contribution < 1.29 is 5.11 Å². The maximum atomic E-state index is 12.2. The van der Waals surface area contributed by atoms with E-state index in [0.29, 0.717) is 36.8 Å². The van der Waals surface area contributed by atoms with Crippen LogP contribution in [0.3, 0.4) is 0 Å². The van der Waals surface area contributed by atoms with Crippen molar-refractivity contribution in [1.29, 1.82) is 0 Å². The summed E-state index contributed by atoms with van der Waals surface area (Å²) in [7, 11) is 0. The first kappa shape index (κ1) is 20.4. The zero-order valence-corrected chi connectivity index (χ0v) is 18.5. The van der Waals surface area contributed by atoms with Crippen LogP contribution < -0.4 is 11.1 Å². The third-order valence-electron chi connectivity index (χ3n) is 8.05. The van der Waals surface area contributed by atoms with Gasteiger partial charge in [-0.2, -0.15) is 0 Å². The lowest BCUT2D eigenvalue weighted by atomic mass is 9.82. The fraction of sp³-hybridized carbons (Fsp3) is 0.600. The Balaban J connectivity index is 1.09. The number of hydrogen-bond donors (Lipinski definition) is 1. The van der Waals surface area contributed by atoms with E-state index in [-0.39, 0.29) is 17.2 Å². The summed E-state index contributed by atoms with van der Waals surface area (Å²) in [4.78, 5) is 29.3. The second-order valence-corrected chi connectivity index (χ2v) is 10.5. The molecule has 1 N–H and O–H groups in total. The zero-order valence-electron chi connectivity index (χ0n) is 18.5. The molecule has 2 aromatic heterocycles. The minimum atomic E-state index is -0.386. The molecule has 32 heavy (non-hydrogen) atoms. The molecule has 4 aliphatic rings. The minimum Gasteiger partial charge on any atom is -0.390 e. The molecule has 0 spiro atoms. The molecule has 4 atom stereocenters. The van der Waals surface area contributed by atoms with Gasteiger partial charge in [0.25, 0.3) is 11.1 Å². The average Bonchev–Trinajstić information content (AvgIpc) is 2.75.